The highest BCUT2D eigenvalue weighted by atomic mass is 16.2. The number of nitrogens with zero attached hydrogens (tertiary/aromatic N) is 1. The third-order valence-corrected chi connectivity index (χ3v) is 5.05. The Kier molecular flexibility index (Phi) is 4.31. The van der Waals surface area contributed by atoms with Crippen LogP contribution in [0.15, 0.2) is 0 Å². The van der Waals surface area contributed by atoms with E-state index in [9.17, 15) is 4.79 Å². The third-order valence-electron chi connectivity index (χ3n) is 5.05. The van der Waals surface area contributed by atoms with Gasteiger partial charge in [0.05, 0.1) is 5.41 Å². The van der Waals surface area contributed by atoms with Gasteiger partial charge in [-0.2, -0.15) is 0 Å². The minimum absolute atomic E-state index is 0.0802. The van der Waals surface area contributed by atoms with Gasteiger partial charge in [-0.05, 0) is 44.9 Å². The molecular weight excluding hydrogens is 224 g/mol. The zero-order valence-corrected chi connectivity index (χ0v) is 12.0. The Balaban J connectivity index is 2.10. The first kappa shape index (κ1) is 13.9. The van der Waals surface area contributed by atoms with E-state index in [0.717, 1.165) is 45.2 Å². The number of fused-ring (bicyclic) bond motifs is 1. The quantitative estimate of drug-likeness (QED) is 0.817. The number of unbranched alkanes of at least 4 members (excludes halogenated alkanes) is 1. The van der Waals surface area contributed by atoms with Gasteiger partial charge in [0.2, 0.25) is 5.91 Å². The lowest BCUT2D eigenvalue weighted by molar-refractivity contribution is -0.143. The summed E-state index contributed by atoms with van der Waals surface area (Å²) in [7, 11) is 0. The molecule has 2 rings (SSSR count). The Morgan fingerprint density at radius 1 is 1.44 bits per heavy atom. The molecule has 3 heteroatoms. The smallest absolute Gasteiger partial charge is 0.229 e. The molecule has 2 fully saturated rings. The minimum Gasteiger partial charge on any atom is -0.342 e. The van der Waals surface area contributed by atoms with Crippen molar-refractivity contribution in [1.82, 2.24) is 4.90 Å². The average Bonchev–Trinajstić information content (AvgIpc) is 2.86. The highest BCUT2D eigenvalue weighted by molar-refractivity contribution is 5.84. The normalized spacial score (nSPS) is 34.6. The fraction of sp³-hybridized carbons (Fsp3) is 0.933. The van der Waals surface area contributed by atoms with E-state index in [1.165, 1.54) is 12.8 Å². The average molecular weight is 252 g/mol. The molecular formula is C15H28N2O. The lowest BCUT2D eigenvalue weighted by atomic mass is 9.78. The molecule has 2 saturated carbocycles. The van der Waals surface area contributed by atoms with E-state index in [-0.39, 0.29) is 11.5 Å². The summed E-state index contributed by atoms with van der Waals surface area (Å²) in [6.07, 6.45) is 7.77. The van der Waals surface area contributed by atoms with Crippen LogP contribution in [0, 0.1) is 11.3 Å². The molecule has 0 radical (unpaired) electrons. The van der Waals surface area contributed by atoms with Crippen molar-refractivity contribution < 1.29 is 4.79 Å². The van der Waals surface area contributed by atoms with Crippen molar-refractivity contribution in [2.75, 3.05) is 13.1 Å². The highest BCUT2D eigenvalue weighted by Crippen LogP contribution is 2.54. The van der Waals surface area contributed by atoms with E-state index in [1.807, 2.05) is 0 Å². The van der Waals surface area contributed by atoms with E-state index in [0.29, 0.717) is 11.8 Å². The summed E-state index contributed by atoms with van der Waals surface area (Å²) in [5.74, 6) is 0.976. The summed E-state index contributed by atoms with van der Waals surface area (Å²) in [5, 5.41) is 0. The molecule has 0 bridgehead atoms. The number of hydrogen-bond donors (Lipinski definition) is 1. The Labute approximate surface area is 111 Å². The molecule has 0 aromatic heterocycles. The number of rotatable bonds is 5. The summed E-state index contributed by atoms with van der Waals surface area (Å²) in [6.45, 7) is 6.06. The van der Waals surface area contributed by atoms with Gasteiger partial charge in [-0.25, -0.2) is 0 Å². The van der Waals surface area contributed by atoms with Gasteiger partial charge in [-0.1, -0.05) is 19.8 Å². The van der Waals surface area contributed by atoms with E-state index in [2.05, 4.69) is 18.7 Å². The van der Waals surface area contributed by atoms with Crippen LogP contribution < -0.4 is 5.73 Å². The Bertz CT molecular complexity index is 305. The first-order valence-corrected chi connectivity index (χ1v) is 7.69. The Morgan fingerprint density at radius 3 is 2.89 bits per heavy atom. The van der Waals surface area contributed by atoms with Gasteiger partial charge < -0.3 is 10.6 Å². The summed E-state index contributed by atoms with van der Waals surface area (Å²) in [4.78, 5) is 15.0. The zero-order valence-electron chi connectivity index (χ0n) is 12.0. The molecule has 2 N–H and O–H groups in total. The fourth-order valence-corrected chi connectivity index (χ4v) is 4.11. The molecule has 0 aliphatic heterocycles. The summed E-state index contributed by atoms with van der Waals surface area (Å²) in [6, 6.07) is 0.254. The molecule has 1 amide bonds. The second-order valence-electron chi connectivity index (χ2n) is 6.18. The Hall–Kier alpha value is -0.570. The van der Waals surface area contributed by atoms with Crippen LogP contribution in [0.1, 0.15) is 58.8 Å². The second-order valence-corrected chi connectivity index (χ2v) is 6.18. The van der Waals surface area contributed by atoms with Crippen LogP contribution in [0.5, 0.6) is 0 Å². The van der Waals surface area contributed by atoms with Crippen LogP contribution in [0.2, 0.25) is 0 Å². The summed E-state index contributed by atoms with van der Waals surface area (Å²) in [5.41, 5.74) is 6.04. The number of hydrogen-bond acceptors (Lipinski definition) is 2. The van der Waals surface area contributed by atoms with Gasteiger partial charge in [0, 0.05) is 19.1 Å². The van der Waals surface area contributed by atoms with Crippen molar-refractivity contribution in [3.05, 3.63) is 0 Å². The first-order chi connectivity index (χ1) is 8.64. The van der Waals surface area contributed by atoms with Crippen LogP contribution in [-0.4, -0.2) is 29.9 Å². The van der Waals surface area contributed by atoms with E-state index in [4.69, 9.17) is 5.73 Å². The maximum absolute atomic E-state index is 12.9. The maximum Gasteiger partial charge on any atom is 0.229 e. The molecule has 0 heterocycles. The van der Waals surface area contributed by atoms with E-state index in [1.54, 1.807) is 0 Å². The summed E-state index contributed by atoms with van der Waals surface area (Å²) >= 11 is 0. The van der Waals surface area contributed by atoms with Crippen molar-refractivity contribution in [1.29, 1.82) is 0 Å². The zero-order chi connectivity index (χ0) is 13.2. The topological polar surface area (TPSA) is 46.3 Å². The molecule has 0 unspecified atom stereocenters. The predicted octanol–water partition coefficient (Wildman–Crippen LogP) is 2.54. The fourth-order valence-electron chi connectivity index (χ4n) is 4.11. The van der Waals surface area contributed by atoms with Crippen LogP contribution in [0.25, 0.3) is 0 Å². The molecule has 0 aromatic rings. The van der Waals surface area contributed by atoms with Gasteiger partial charge in [0.1, 0.15) is 0 Å². The number of carbonyl (C=O) groups excluding carboxylic acids is 1. The molecule has 0 aromatic carbocycles. The van der Waals surface area contributed by atoms with Crippen molar-refractivity contribution in [3.8, 4) is 0 Å². The van der Waals surface area contributed by atoms with Gasteiger partial charge in [0.15, 0.2) is 0 Å². The third kappa shape index (κ3) is 2.29. The minimum atomic E-state index is -0.0802. The maximum atomic E-state index is 12.9. The lowest BCUT2D eigenvalue weighted by Gasteiger charge is -2.34. The van der Waals surface area contributed by atoms with Crippen molar-refractivity contribution in [2.45, 2.75) is 64.8 Å². The highest BCUT2D eigenvalue weighted by Gasteiger charge is 2.54. The molecule has 18 heavy (non-hydrogen) atoms. The van der Waals surface area contributed by atoms with Crippen molar-refractivity contribution >= 4 is 5.91 Å². The number of amides is 1. The summed E-state index contributed by atoms with van der Waals surface area (Å²) < 4.78 is 0. The van der Waals surface area contributed by atoms with Crippen LogP contribution in [0.3, 0.4) is 0 Å². The predicted molar refractivity (Wildman–Crippen MR) is 74.1 cm³/mol. The second kappa shape index (κ2) is 5.60. The molecule has 3 atom stereocenters. The lowest BCUT2D eigenvalue weighted by Crippen LogP contribution is -2.45. The first-order valence-electron chi connectivity index (χ1n) is 7.69. The van der Waals surface area contributed by atoms with Crippen molar-refractivity contribution in [2.24, 2.45) is 17.1 Å². The number of nitrogens with two attached hydrogens (primary N) is 1. The van der Waals surface area contributed by atoms with Gasteiger partial charge in [-0.15, -0.1) is 0 Å². The number of carbonyl (C=O) groups is 1. The van der Waals surface area contributed by atoms with Gasteiger partial charge >= 0.3 is 0 Å². The molecule has 0 saturated heterocycles. The van der Waals surface area contributed by atoms with Crippen LogP contribution >= 0.6 is 0 Å². The van der Waals surface area contributed by atoms with Crippen molar-refractivity contribution in [3.63, 3.8) is 0 Å². The molecule has 2 aliphatic carbocycles. The SMILES string of the molecule is CCCCN(CC)C(=O)[C@@]12CCC[C@@H]1C[C@@H](N)C2. The van der Waals surface area contributed by atoms with Gasteiger partial charge in [-0.3, -0.25) is 4.79 Å². The molecule has 104 valence electrons. The van der Waals surface area contributed by atoms with Crippen LogP contribution in [0.4, 0.5) is 0 Å². The van der Waals surface area contributed by atoms with E-state index < -0.39 is 0 Å². The molecule has 0 spiro atoms. The largest absolute Gasteiger partial charge is 0.342 e. The molecule has 2 aliphatic rings. The standard InChI is InChI=1S/C15H28N2O/c1-3-5-9-17(4-2)14(18)15-8-6-7-12(15)10-13(16)11-15/h12-13H,3-11,16H2,1-2H3/t12-,13-,15-/m1/s1. The molecule has 3 nitrogen and oxygen atoms in total. The van der Waals surface area contributed by atoms with Gasteiger partial charge in [0.25, 0.3) is 0 Å². The monoisotopic (exact) mass is 252 g/mol. The Morgan fingerprint density at radius 2 is 2.22 bits per heavy atom. The van der Waals surface area contributed by atoms with E-state index >= 15 is 0 Å². The van der Waals surface area contributed by atoms with Crippen LogP contribution in [-0.2, 0) is 4.79 Å².